The van der Waals surface area contributed by atoms with E-state index in [4.69, 9.17) is 24.6 Å². The summed E-state index contributed by atoms with van der Waals surface area (Å²) in [4.78, 5) is 26.6. The predicted molar refractivity (Wildman–Crippen MR) is 107 cm³/mol. The Labute approximate surface area is 181 Å². The lowest BCUT2D eigenvalue weighted by atomic mass is 10.1. The molecule has 0 aliphatic carbocycles. The summed E-state index contributed by atoms with van der Waals surface area (Å²) in [6.07, 6.45) is -4.78. The summed E-state index contributed by atoms with van der Waals surface area (Å²) in [5.41, 5.74) is 4.46. The van der Waals surface area contributed by atoms with Crippen molar-refractivity contribution < 1.29 is 38.5 Å². The monoisotopic (exact) mass is 471 g/mol. The Morgan fingerprint density at radius 1 is 1.34 bits per heavy atom. The molecule has 1 fully saturated rings. The zero-order chi connectivity index (χ0) is 23.5. The van der Waals surface area contributed by atoms with Gasteiger partial charge in [0.25, 0.3) is 0 Å². The fourth-order valence-electron chi connectivity index (χ4n) is 2.78. The van der Waals surface area contributed by atoms with E-state index in [0.29, 0.717) is 4.68 Å². The van der Waals surface area contributed by atoms with Crippen molar-refractivity contribution in [3.05, 3.63) is 47.0 Å². The van der Waals surface area contributed by atoms with Gasteiger partial charge in [0.05, 0.1) is 12.8 Å². The Morgan fingerprint density at radius 2 is 2.03 bits per heavy atom. The molecule has 14 nitrogen and oxygen atoms in total. The van der Waals surface area contributed by atoms with Crippen molar-refractivity contribution >= 4 is 19.5 Å². The van der Waals surface area contributed by atoms with Crippen LogP contribution in [0.4, 0.5) is 5.82 Å². The van der Waals surface area contributed by atoms with E-state index < -0.39 is 56.6 Å². The summed E-state index contributed by atoms with van der Waals surface area (Å²) in [6.45, 7) is 0.648. The quantitative estimate of drug-likeness (QED) is 0.281. The number of para-hydroxylation sites is 1. The van der Waals surface area contributed by atoms with Gasteiger partial charge in [-0.05, 0) is 19.1 Å². The van der Waals surface area contributed by atoms with Crippen LogP contribution in [-0.2, 0) is 18.6 Å². The molecule has 2 unspecified atom stereocenters. The minimum atomic E-state index is -4.27. The molecular formula is C17H22N5O9P. The molecule has 174 valence electrons. The van der Waals surface area contributed by atoms with Crippen molar-refractivity contribution in [2.75, 3.05) is 12.3 Å². The van der Waals surface area contributed by atoms with E-state index >= 15 is 0 Å². The Balaban J connectivity index is 1.75. The molecule has 6 atom stereocenters. The van der Waals surface area contributed by atoms with Crippen molar-refractivity contribution in [1.82, 2.24) is 19.9 Å². The summed E-state index contributed by atoms with van der Waals surface area (Å²) in [7, 11) is -4.27. The van der Waals surface area contributed by atoms with Gasteiger partial charge in [-0.15, -0.1) is 0 Å². The minimum Gasteiger partial charge on any atom is -0.480 e. The van der Waals surface area contributed by atoms with Crippen molar-refractivity contribution in [3.8, 4) is 5.75 Å². The Kier molecular flexibility index (Phi) is 7.23. The molecule has 2 aromatic rings. The largest absolute Gasteiger partial charge is 0.480 e. The topological polar surface area (TPSA) is 208 Å². The molecular weight excluding hydrogens is 449 g/mol. The van der Waals surface area contributed by atoms with E-state index in [1.165, 1.54) is 19.1 Å². The zero-order valence-electron chi connectivity index (χ0n) is 16.7. The van der Waals surface area contributed by atoms with Gasteiger partial charge in [-0.1, -0.05) is 18.2 Å². The van der Waals surface area contributed by atoms with Crippen molar-refractivity contribution in [3.63, 3.8) is 0 Å². The summed E-state index contributed by atoms with van der Waals surface area (Å²) >= 11 is 0. The van der Waals surface area contributed by atoms with Crippen LogP contribution in [0.1, 0.15) is 13.2 Å². The predicted octanol–water partition coefficient (Wildman–Crippen LogP) is -0.894. The zero-order valence-corrected chi connectivity index (χ0v) is 17.6. The molecule has 1 aromatic carbocycles. The van der Waals surface area contributed by atoms with Gasteiger partial charge in [0.2, 0.25) is 0 Å². The highest BCUT2D eigenvalue weighted by molar-refractivity contribution is 7.52. The van der Waals surface area contributed by atoms with Crippen LogP contribution in [0.3, 0.4) is 0 Å². The number of carboxylic acid groups (broad SMARTS) is 1. The highest BCUT2D eigenvalue weighted by Crippen LogP contribution is 2.45. The number of nitrogens with zero attached hydrogens (tertiary/aromatic N) is 3. The smallest absolute Gasteiger partial charge is 0.459 e. The molecule has 2 heterocycles. The summed E-state index contributed by atoms with van der Waals surface area (Å²) in [6, 6.07) is 6.57. The number of nitrogens with one attached hydrogen (secondary N) is 1. The van der Waals surface area contributed by atoms with Gasteiger partial charge < -0.3 is 30.3 Å². The standard InChI is InChI=1S/C17H22N5O9P/c1-9(16(25)26)21-32(28,31-10-5-3-2-4-6-10)29-8-11-13(23)14(24)15(30-11)22-17(27)20-12(18)7-19-22/h2-7,9,11,13-15,23-24H,8H2,1H3,(H,21,28)(H,25,26)(H2,18,20,27)/t9?,11-,13-,14-,15-,32?/m1/s1. The highest BCUT2D eigenvalue weighted by atomic mass is 31.2. The number of aliphatic hydroxyl groups excluding tert-OH is 2. The van der Waals surface area contributed by atoms with Gasteiger partial charge >= 0.3 is 19.4 Å². The lowest BCUT2D eigenvalue weighted by molar-refractivity contribution is -0.138. The summed E-state index contributed by atoms with van der Waals surface area (Å²) in [5, 5.41) is 35.7. The maximum Gasteiger partial charge on any atom is 0.459 e. The van der Waals surface area contributed by atoms with Crippen LogP contribution < -0.4 is 21.0 Å². The molecule has 15 heteroatoms. The number of benzene rings is 1. The first-order chi connectivity index (χ1) is 15.1. The molecule has 1 aromatic heterocycles. The van der Waals surface area contributed by atoms with Gasteiger partial charge in [-0.25, -0.2) is 9.36 Å². The Morgan fingerprint density at radius 3 is 2.66 bits per heavy atom. The lowest BCUT2D eigenvalue weighted by Gasteiger charge is -2.23. The Hall–Kier alpha value is -2.87. The third-order valence-corrected chi connectivity index (χ3v) is 6.06. The van der Waals surface area contributed by atoms with Gasteiger partial charge in [-0.2, -0.15) is 19.9 Å². The van der Waals surface area contributed by atoms with Crippen molar-refractivity contribution in [2.45, 2.75) is 37.5 Å². The molecule has 0 bridgehead atoms. The molecule has 1 saturated heterocycles. The summed E-state index contributed by atoms with van der Waals surface area (Å²) in [5.74, 6) is -1.31. The first kappa shape index (κ1) is 23.8. The summed E-state index contributed by atoms with van der Waals surface area (Å²) < 4.78 is 30.0. The third kappa shape index (κ3) is 5.48. The van der Waals surface area contributed by atoms with E-state index in [1.807, 2.05) is 0 Å². The van der Waals surface area contributed by atoms with Gasteiger partial charge in [0.15, 0.2) is 6.23 Å². The normalized spacial score (nSPS) is 25.7. The van der Waals surface area contributed by atoms with Crippen LogP contribution in [0.15, 0.2) is 41.3 Å². The number of ether oxygens (including phenoxy) is 1. The number of nitrogen functional groups attached to an aromatic ring is 1. The van der Waals surface area contributed by atoms with Crippen molar-refractivity contribution in [1.29, 1.82) is 0 Å². The molecule has 32 heavy (non-hydrogen) atoms. The molecule has 0 saturated carbocycles. The van der Waals surface area contributed by atoms with Crippen LogP contribution in [0.2, 0.25) is 0 Å². The van der Waals surface area contributed by atoms with Crippen LogP contribution in [0.5, 0.6) is 5.75 Å². The molecule has 6 N–H and O–H groups in total. The van der Waals surface area contributed by atoms with E-state index in [9.17, 15) is 24.4 Å². The van der Waals surface area contributed by atoms with Crippen LogP contribution in [0, 0.1) is 0 Å². The average Bonchev–Trinajstić information content (AvgIpc) is 3.01. The van der Waals surface area contributed by atoms with E-state index in [2.05, 4.69) is 15.2 Å². The van der Waals surface area contributed by atoms with E-state index in [0.717, 1.165) is 6.20 Å². The molecule has 3 rings (SSSR count). The van der Waals surface area contributed by atoms with Crippen LogP contribution in [0.25, 0.3) is 0 Å². The molecule has 1 aliphatic heterocycles. The second-order valence-electron chi connectivity index (χ2n) is 6.84. The number of aromatic nitrogens is 3. The number of aliphatic carboxylic acids is 1. The van der Waals surface area contributed by atoms with Crippen molar-refractivity contribution in [2.24, 2.45) is 0 Å². The average molecular weight is 471 g/mol. The second kappa shape index (κ2) is 9.73. The lowest BCUT2D eigenvalue weighted by Crippen LogP contribution is -2.38. The number of aliphatic hydroxyl groups is 2. The molecule has 0 spiro atoms. The maximum absolute atomic E-state index is 13.2. The number of rotatable bonds is 9. The first-order valence-electron chi connectivity index (χ1n) is 9.32. The fraction of sp³-hybridized carbons (Fsp3) is 0.412. The van der Waals surface area contributed by atoms with Gasteiger partial charge in [0, 0.05) is 0 Å². The van der Waals surface area contributed by atoms with Crippen LogP contribution in [-0.4, -0.2) is 67.0 Å². The number of carboxylic acids is 1. The number of hydrogen-bond donors (Lipinski definition) is 5. The first-order valence-corrected chi connectivity index (χ1v) is 10.9. The van der Waals surface area contributed by atoms with Gasteiger partial charge in [-0.3, -0.25) is 9.32 Å². The number of carbonyl (C=O) groups is 1. The number of nitrogens with two attached hydrogens (primary N) is 1. The number of hydrogen-bond acceptors (Lipinski definition) is 11. The maximum atomic E-state index is 13.2. The molecule has 0 amide bonds. The highest BCUT2D eigenvalue weighted by Gasteiger charge is 2.46. The van der Waals surface area contributed by atoms with Crippen LogP contribution >= 0.6 is 7.75 Å². The Bertz CT molecular complexity index is 1050. The van der Waals surface area contributed by atoms with E-state index in [1.54, 1.807) is 18.2 Å². The van der Waals surface area contributed by atoms with E-state index in [-0.39, 0.29) is 11.6 Å². The number of anilines is 1. The third-order valence-electron chi connectivity index (χ3n) is 4.41. The molecule has 1 aliphatic rings. The van der Waals surface area contributed by atoms with Gasteiger partial charge in [0.1, 0.15) is 35.9 Å². The molecule has 0 radical (unpaired) electrons. The fourth-order valence-corrected chi connectivity index (χ4v) is 4.29. The minimum absolute atomic E-state index is 0.135. The second-order valence-corrected chi connectivity index (χ2v) is 8.54. The SMILES string of the molecule is CC(NP(=O)(OC[C@H]1O[C@@H](n2ncc(N)nc2=O)[C@H](O)[C@@H]1O)Oc1ccccc1)C(=O)O.